The molecule has 0 radical (unpaired) electrons. The first-order valence-electron chi connectivity index (χ1n) is 5.12. The predicted octanol–water partition coefficient (Wildman–Crippen LogP) is 2.99. The van der Waals surface area contributed by atoms with Crippen LogP contribution in [0.3, 0.4) is 0 Å². The van der Waals surface area contributed by atoms with Crippen molar-refractivity contribution in [3.8, 4) is 16.3 Å². The number of carboxylic acid groups (broad SMARTS) is 1. The van der Waals surface area contributed by atoms with E-state index in [4.69, 9.17) is 10.8 Å². The molecule has 1 heterocycles. The average Bonchev–Trinajstić information content (AvgIpc) is 2.70. The van der Waals surface area contributed by atoms with E-state index in [9.17, 15) is 18.0 Å². The molecule has 0 fully saturated rings. The number of hydrogen-bond donors (Lipinski definition) is 2. The average molecular weight is 304 g/mol. The summed E-state index contributed by atoms with van der Waals surface area (Å²) < 4.78 is 39.7. The van der Waals surface area contributed by atoms with Crippen LogP contribution in [0.5, 0.6) is 5.75 Å². The number of alkyl halides is 3. The van der Waals surface area contributed by atoms with Gasteiger partial charge in [0.05, 0.1) is 0 Å². The molecule has 0 unspecified atom stereocenters. The van der Waals surface area contributed by atoms with Gasteiger partial charge in [-0.3, -0.25) is 0 Å². The molecule has 0 aliphatic carbocycles. The molecule has 1 aromatic carbocycles. The number of nitrogen functional groups attached to an aromatic ring is 1. The highest BCUT2D eigenvalue weighted by molar-refractivity contribution is 7.19. The first kappa shape index (κ1) is 14.1. The molecule has 0 spiro atoms. The molecule has 2 rings (SSSR count). The predicted molar refractivity (Wildman–Crippen MR) is 65.6 cm³/mol. The monoisotopic (exact) mass is 304 g/mol. The van der Waals surface area contributed by atoms with Crippen molar-refractivity contribution < 1.29 is 27.8 Å². The van der Waals surface area contributed by atoms with E-state index in [1.807, 2.05) is 0 Å². The molecule has 20 heavy (non-hydrogen) atoms. The van der Waals surface area contributed by atoms with E-state index in [-0.39, 0.29) is 16.4 Å². The lowest BCUT2D eigenvalue weighted by Gasteiger charge is -2.08. The fraction of sp³-hybridized carbons (Fsp3) is 0.0909. The molecular weight excluding hydrogens is 297 g/mol. The van der Waals surface area contributed by atoms with Crippen LogP contribution in [0.1, 0.15) is 10.5 Å². The molecule has 1 aromatic heterocycles. The van der Waals surface area contributed by atoms with E-state index in [0.717, 1.165) is 23.5 Å². The number of thiazole rings is 1. The van der Waals surface area contributed by atoms with Gasteiger partial charge in [-0.05, 0) is 24.3 Å². The third-order valence-electron chi connectivity index (χ3n) is 2.19. The van der Waals surface area contributed by atoms with Crippen LogP contribution in [-0.2, 0) is 0 Å². The van der Waals surface area contributed by atoms with Crippen LogP contribution < -0.4 is 10.5 Å². The number of rotatable bonds is 3. The number of aromatic carboxylic acids is 1. The maximum absolute atomic E-state index is 12.0. The number of nitrogens with two attached hydrogens (primary N) is 1. The van der Waals surface area contributed by atoms with Gasteiger partial charge in [-0.1, -0.05) is 11.3 Å². The summed E-state index contributed by atoms with van der Waals surface area (Å²) in [6.45, 7) is 0. The third kappa shape index (κ3) is 3.18. The van der Waals surface area contributed by atoms with Crippen LogP contribution in [0, 0.1) is 0 Å². The van der Waals surface area contributed by atoms with Crippen molar-refractivity contribution in [2.45, 2.75) is 6.36 Å². The van der Waals surface area contributed by atoms with Crippen LogP contribution in [0.15, 0.2) is 24.3 Å². The first-order valence-corrected chi connectivity index (χ1v) is 5.93. The van der Waals surface area contributed by atoms with Gasteiger partial charge in [-0.15, -0.1) is 13.2 Å². The van der Waals surface area contributed by atoms with Crippen molar-refractivity contribution in [3.63, 3.8) is 0 Å². The topological polar surface area (TPSA) is 85.4 Å². The zero-order valence-electron chi connectivity index (χ0n) is 9.64. The maximum Gasteiger partial charge on any atom is 0.573 e. The second-order valence-electron chi connectivity index (χ2n) is 3.61. The number of anilines is 1. The lowest BCUT2D eigenvalue weighted by Crippen LogP contribution is -2.16. The van der Waals surface area contributed by atoms with Crippen LogP contribution in [-0.4, -0.2) is 22.4 Å². The Hall–Kier alpha value is -2.29. The molecule has 0 saturated carbocycles. The molecule has 0 atom stereocenters. The van der Waals surface area contributed by atoms with Gasteiger partial charge >= 0.3 is 12.3 Å². The Kier molecular flexibility index (Phi) is 3.53. The number of ether oxygens (including phenoxy) is 1. The van der Waals surface area contributed by atoms with Gasteiger partial charge in [-0.2, -0.15) is 0 Å². The smallest absolute Gasteiger partial charge is 0.476 e. The van der Waals surface area contributed by atoms with Gasteiger partial charge < -0.3 is 15.6 Å². The Morgan fingerprint density at radius 2 is 1.90 bits per heavy atom. The van der Waals surface area contributed by atoms with Crippen molar-refractivity contribution in [1.29, 1.82) is 0 Å². The van der Waals surface area contributed by atoms with Crippen LogP contribution in [0.2, 0.25) is 0 Å². The summed E-state index contributed by atoms with van der Waals surface area (Å²) in [5.41, 5.74) is 5.67. The lowest BCUT2D eigenvalue weighted by atomic mass is 10.2. The Labute approximate surface area is 114 Å². The Bertz CT molecular complexity index is 637. The van der Waals surface area contributed by atoms with Crippen molar-refractivity contribution in [2.75, 3.05) is 5.73 Å². The van der Waals surface area contributed by atoms with Gasteiger partial charge in [0.2, 0.25) is 0 Å². The summed E-state index contributed by atoms with van der Waals surface area (Å²) >= 11 is 0.938. The largest absolute Gasteiger partial charge is 0.573 e. The van der Waals surface area contributed by atoms with Crippen LogP contribution in [0.4, 0.5) is 18.2 Å². The highest BCUT2D eigenvalue weighted by atomic mass is 32.1. The number of carbonyl (C=O) groups is 1. The van der Waals surface area contributed by atoms with Crippen molar-refractivity contribution in [3.05, 3.63) is 30.0 Å². The Morgan fingerprint density at radius 3 is 2.35 bits per heavy atom. The standard InChI is InChI=1S/C11H7F3N2O3S/c12-11(13,14)19-6-3-1-5(2-4-6)9-16-7(10(17)18)8(15)20-9/h1-4H,15H2,(H,17,18). The first-order chi connectivity index (χ1) is 9.26. The minimum atomic E-state index is -4.76. The number of nitrogens with zero attached hydrogens (tertiary/aromatic N) is 1. The highest BCUT2D eigenvalue weighted by Crippen LogP contribution is 2.32. The fourth-order valence-electron chi connectivity index (χ4n) is 1.41. The molecule has 0 aliphatic heterocycles. The number of halogens is 3. The third-order valence-corrected chi connectivity index (χ3v) is 3.12. The molecule has 106 valence electrons. The summed E-state index contributed by atoms with van der Waals surface area (Å²) in [6.07, 6.45) is -4.76. The Balaban J connectivity index is 2.26. The van der Waals surface area contributed by atoms with Crippen molar-refractivity contribution >= 4 is 22.3 Å². The lowest BCUT2D eigenvalue weighted by molar-refractivity contribution is -0.274. The summed E-state index contributed by atoms with van der Waals surface area (Å²) in [6, 6.07) is 4.90. The van der Waals surface area contributed by atoms with E-state index in [2.05, 4.69) is 9.72 Å². The molecule has 0 aliphatic rings. The summed E-state index contributed by atoms with van der Waals surface area (Å²) in [7, 11) is 0. The quantitative estimate of drug-likeness (QED) is 0.910. The second kappa shape index (κ2) is 5.00. The maximum atomic E-state index is 12.0. The van der Waals surface area contributed by atoms with Crippen molar-refractivity contribution in [1.82, 2.24) is 4.98 Å². The number of aromatic nitrogens is 1. The normalized spacial score (nSPS) is 11.3. The summed E-state index contributed by atoms with van der Waals surface area (Å²) in [5, 5.41) is 9.15. The Morgan fingerprint density at radius 1 is 1.30 bits per heavy atom. The highest BCUT2D eigenvalue weighted by Gasteiger charge is 2.31. The molecule has 0 saturated heterocycles. The molecule has 0 amide bonds. The fourth-order valence-corrected chi connectivity index (χ4v) is 2.24. The summed E-state index contributed by atoms with van der Waals surface area (Å²) in [5.74, 6) is -1.63. The zero-order valence-corrected chi connectivity index (χ0v) is 10.5. The minimum Gasteiger partial charge on any atom is -0.476 e. The van der Waals surface area contributed by atoms with Gasteiger partial charge in [0.1, 0.15) is 15.8 Å². The molecule has 2 aromatic rings. The molecule has 9 heteroatoms. The van der Waals surface area contributed by atoms with E-state index < -0.39 is 12.3 Å². The number of hydrogen-bond acceptors (Lipinski definition) is 5. The van der Waals surface area contributed by atoms with Gasteiger partial charge in [-0.25, -0.2) is 9.78 Å². The zero-order chi connectivity index (χ0) is 14.9. The van der Waals surface area contributed by atoms with E-state index in [0.29, 0.717) is 10.6 Å². The summed E-state index contributed by atoms with van der Waals surface area (Å²) in [4.78, 5) is 14.6. The number of carboxylic acids is 1. The van der Waals surface area contributed by atoms with E-state index in [1.165, 1.54) is 12.1 Å². The SMILES string of the molecule is Nc1sc(-c2ccc(OC(F)(F)F)cc2)nc1C(=O)O. The second-order valence-corrected chi connectivity index (χ2v) is 4.64. The van der Waals surface area contributed by atoms with Gasteiger partial charge in [0.25, 0.3) is 0 Å². The van der Waals surface area contributed by atoms with E-state index >= 15 is 0 Å². The molecule has 3 N–H and O–H groups in total. The molecule has 0 bridgehead atoms. The van der Waals surface area contributed by atoms with Crippen LogP contribution >= 0.6 is 11.3 Å². The van der Waals surface area contributed by atoms with Crippen LogP contribution in [0.25, 0.3) is 10.6 Å². The minimum absolute atomic E-state index is 0.0307. The van der Waals surface area contributed by atoms with E-state index in [1.54, 1.807) is 0 Å². The molecular formula is C11H7F3N2O3S. The van der Waals surface area contributed by atoms with Gasteiger partial charge in [0.15, 0.2) is 5.69 Å². The van der Waals surface area contributed by atoms with Crippen molar-refractivity contribution in [2.24, 2.45) is 0 Å². The van der Waals surface area contributed by atoms with Gasteiger partial charge in [0, 0.05) is 5.56 Å². The molecule has 5 nitrogen and oxygen atoms in total. The number of benzene rings is 1.